The first-order valence-electron chi connectivity index (χ1n) is 10.1. The highest BCUT2D eigenvalue weighted by Gasteiger charge is 2.48. The molecule has 10 heteroatoms. The van der Waals surface area contributed by atoms with Crippen molar-refractivity contribution in [3.8, 4) is 0 Å². The van der Waals surface area contributed by atoms with Gasteiger partial charge in [-0.3, -0.25) is 9.36 Å². The Morgan fingerprint density at radius 1 is 1.16 bits per heavy atom. The molecule has 4 aromatic rings. The zero-order chi connectivity index (χ0) is 21.8. The summed E-state index contributed by atoms with van der Waals surface area (Å²) in [5.74, 6) is -0.593. The second-order valence-electron chi connectivity index (χ2n) is 7.99. The van der Waals surface area contributed by atoms with Gasteiger partial charge in [0.15, 0.2) is 11.2 Å². The monoisotopic (exact) mass is 424 g/mol. The summed E-state index contributed by atoms with van der Waals surface area (Å²) in [6.07, 6.45) is 4.03. The third kappa shape index (κ3) is 3.18. The molecule has 9 nitrogen and oxygen atoms in total. The lowest BCUT2D eigenvalue weighted by atomic mass is 9.73. The fraction of sp³-hybridized carbons (Fsp3) is 0.381. The number of nitrogens with zero attached hydrogens (tertiary/aromatic N) is 6. The number of fused-ring (bicyclic) bond motifs is 1. The molecule has 1 fully saturated rings. The van der Waals surface area contributed by atoms with Crippen LogP contribution in [0.3, 0.4) is 0 Å². The normalized spacial score (nSPS) is 20.8. The SMILES string of the molecule is CCc1ccc(C2(F)CC(n3nc(Cn4cnc5ncn(C)c5c4=O)oc3=O)C2)cc1. The van der Waals surface area contributed by atoms with Crippen LogP contribution in [0.1, 0.15) is 42.8 Å². The van der Waals surface area contributed by atoms with Gasteiger partial charge in [0.05, 0.1) is 12.4 Å². The maximum absolute atomic E-state index is 15.3. The standard InChI is InChI=1S/C21H21FN6O3/c1-3-13-4-6-14(7-5-13)21(22)8-15(9-21)28-20(30)31-16(25-28)10-27-12-24-18-17(19(27)29)26(2)11-23-18/h4-7,11-12,15H,3,8-10H2,1-2H3. The Bertz CT molecular complexity index is 1370. The number of hydrogen-bond donors (Lipinski definition) is 0. The molecule has 0 N–H and O–H groups in total. The first kappa shape index (κ1) is 19.4. The van der Waals surface area contributed by atoms with Gasteiger partial charge in [-0.15, -0.1) is 5.10 Å². The molecule has 0 unspecified atom stereocenters. The Morgan fingerprint density at radius 3 is 2.58 bits per heavy atom. The quantitative estimate of drug-likeness (QED) is 0.486. The molecule has 160 valence electrons. The average Bonchev–Trinajstić information content (AvgIpc) is 3.30. The zero-order valence-electron chi connectivity index (χ0n) is 17.2. The van der Waals surface area contributed by atoms with E-state index in [0.717, 1.165) is 12.0 Å². The Labute approximate surface area is 175 Å². The Hall–Kier alpha value is -3.56. The number of halogens is 1. The molecule has 0 bridgehead atoms. The predicted molar refractivity (Wildman–Crippen MR) is 110 cm³/mol. The number of benzene rings is 1. The molecular weight excluding hydrogens is 403 g/mol. The van der Waals surface area contributed by atoms with Crippen molar-refractivity contribution < 1.29 is 8.81 Å². The lowest BCUT2D eigenvalue weighted by Crippen LogP contribution is -2.41. The fourth-order valence-corrected chi connectivity index (χ4v) is 4.09. The minimum atomic E-state index is -1.49. The summed E-state index contributed by atoms with van der Waals surface area (Å²) in [4.78, 5) is 33.1. The molecule has 1 aliphatic rings. The van der Waals surface area contributed by atoms with Crippen molar-refractivity contribution in [3.05, 3.63) is 74.8 Å². The molecular formula is C21H21FN6O3. The van der Waals surface area contributed by atoms with E-state index in [-0.39, 0.29) is 30.8 Å². The van der Waals surface area contributed by atoms with Gasteiger partial charge in [-0.05, 0) is 17.5 Å². The minimum Gasteiger partial charge on any atom is -0.390 e. The van der Waals surface area contributed by atoms with E-state index in [1.807, 2.05) is 19.1 Å². The summed E-state index contributed by atoms with van der Waals surface area (Å²) in [7, 11) is 1.70. The third-order valence-corrected chi connectivity index (χ3v) is 5.96. The topological polar surface area (TPSA) is 101 Å². The van der Waals surface area contributed by atoms with Crippen molar-refractivity contribution in [3.63, 3.8) is 0 Å². The van der Waals surface area contributed by atoms with E-state index >= 15 is 4.39 Å². The summed E-state index contributed by atoms with van der Waals surface area (Å²) < 4.78 is 24.5. The third-order valence-electron chi connectivity index (χ3n) is 5.96. The molecule has 5 rings (SSSR count). The van der Waals surface area contributed by atoms with E-state index in [2.05, 4.69) is 15.1 Å². The number of imidazole rings is 1. The highest BCUT2D eigenvalue weighted by atomic mass is 19.1. The minimum absolute atomic E-state index is 0.0544. The van der Waals surface area contributed by atoms with E-state index in [4.69, 9.17) is 4.42 Å². The molecule has 0 amide bonds. The lowest BCUT2D eigenvalue weighted by Gasteiger charge is -2.40. The summed E-state index contributed by atoms with van der Waals surface area (Å²) in [5, 5.41) is 4.21. The van der Waals surface area contributed by atoms with E-state index in [0.29, 0.717) is 16.7 Å². The van der Waals surface area contributed by atoms with Crippen molar-refractivity contribution in [1.82, 2.24) is 28.9 Å². The summed E-state index contributed by atoms with van der Waals surface area (Å²) in [6, 6.07) is 7.07. The Morgan fingerprint density at radius 2 is 1.87 bits per heavy atom. The van der Waals surface area contributed by atoms with Crippen molar-refractivity contribution in [2.45, 2.75) is 44.4 Å². The van der Waals surface area contributed by atoms with E-state index in [9.17, 15) is 9.59 Å². The lowest BCUT2D eigenvalue weighted by molar-refractivity contribution is 0.00178. The number of alkyl halides is 1. The molecule has 0 aliphatic heterocycles. The first-order chi connectivity index (χ1) is 14.9. The highest BCUT2D eigenvalue weighted by Crippen LogP contribution is 2.50. The molecule has 1 aromatic carbocycles. The maximum Gasteiger partial charge on any atom is 0.437 e. The molecule has 0 saturated heterocycles. The number of hydrogen-bond acceptors (Lipinski definition) is 6. The second kappa shape index (κ2) is 7.00. The summed E-state index contributed by atoms with van der Waals surface area (Å²) >= 11 is 0. The van der Waals surface area contributed by atoms with Crippen LogP contribution >= 0.6 is 0 Å². The van der Waals surface area contributed by atoms with Gasteiger partial charge < -0.3 is 8.98 Å². The number of rotatable bonds is 5. The van der Waals surface area contributed by atoms with Gasteiger partial charge in [-0.25, -0.2) is 19.2 Å². The Balaban J connectivity index is 1.35. The molecule has 1 saturated carbocycles. The van der Waals surface area contributed by atoms with Crippen LogP contribution in [0.2, 0.25) is 0 Å². The highest BCUT2D eigenvalue weighted by molar-refractivity contribution is 5.68. The summed E-state index contributed by atoms with van der Waals surface area (Å²) in [5.41, 5.74) is 0.649. The van der Waals surface area contributed by atoms with Gasteiger partial charge in [0.1, 0.15) is 18.5 Å². The van der Waals surface area contributed by atoms with E-state index < -0.39 is 17.5 Å². The van der Waals surface area contributed by atoms with Crippen LogP contribution in [0.15, 0.2) is 50.9 Å². The van der Waals surface area contributed by atoms with Gasteiger partial charge in [0.25, 0.3) is 5.56 Å². The zero-order valence-corrected chi connectivity index (χ0v) is 17.2. The number of aryl methyl sites for hydroxylation is 2. The van der Waals surface area contributed by atoms with Crippen LogP contribution in [0.5, 0.6) is 0 Å². The Kier molecular flexibility index (Phi) is 4.38. The van der Waals surface area contributed by atoms with E-state index in [1.54, 1.807) is 23.7 Å². The second-order valence-corrected chi connectivity index (χ2v) is 7.99. The van der Waals surface area contributed by atoms with Crippen molar-refractivity contribution in [2.75, 3.05) is 0 Å². The van der Waals surface area contributed by atoms with Crippen molar-refractivity contribution >= 4 is 11.2 Å². The summed E-state index contributed by atoms with van der Waals surface area (Å²) in [6.45, 7) is 1.99. The molecule has 0 spiro atoms. The van der Waals surface area contributed by atoms with Crippen LogP contribution in [0.25, 0.3) is 11.2 Å². The van der Waals surface area contributed by atoms with Crippen molar-refractivity contribution in [2.24, 2.45) is 7.05 Å². The van der Waals surface area contributed by atoms with Crippen molar-refractivity contribution in [1.29, 1.82) is 0 Å². The molecule has 3 heterocycles. The maximum atomic E-state index is 15.3. The fourth-order valence-electron chi connectivity index (χ4n) is 4.09. The molecule has 3 aromatic heterocycles. The molecule has 31 heavy (non-hydrogen) atoms. The first-order valence-corrected chi connectivity index (χ1v) is 10.1. The van der Waals surface area contributed by atoms with Crippen LogP contribution in [0, 0.1) is 0 Å². The van der Waals surface area contributed by atoms with Crippen LogP contribution in [0.4, 0.5) is 4.39 Å². The van der Waals surface area contributed by atoms with Crippen LogP contribution in [-0.2, 0) is 25.7 Å². The van der Waals surface area contributed by atoms with Crippen LogP contribution in [-0.4, -0.2) is 28.9 Å². The van der Waals surface area contributed by atoms with Gasteiger partial charge in [-0.2, -0.15) is 4.68 Å². The van der Waals surface area contributed by atoms with Gasteiger partial charge in [0, 0.05) is 19.9 Å². The van der Waals surface area contributed by atoms with Gasteiger partial charge >= 0.3 is 5.76 Å². The molecule has 0 atom stereocenters. The average molecular weight is 424 g/mol. The number of aromatic nitrogens is 6. The smallest absolute Gasteiger partial charge is 0.390 e. The molecule has 1 aliphatic carbocycles. The van der Waals surface area contributed by atoms with E-state index in [1.165, 1.54) is 21.9 Å². The molecule has 0 radical (unpaired) electrons. The largest absolute Gasteiger partial charge is 0.437 e. The predicted octanol–water partition coefficient (Wildman–Crippen LogP) is 2.09. The van der Waals surface area contributed by atoms with Gasteiger partial charge in [-0.1, -0.05) is 31.2 Å². The van der Waals surface area contributed by atoms with Crippen LogP contribution < -0.4 is 11.3 Å². The van der Waals surface area contributed by atoms with Gasteiger partial charge in [0.2, 0.25) is 5.89 Å².